The number of carbonyl (C=O) groups is 2. The van der Waals surface area contributed by atoms with Gasteiger partial charge >= 0.3 is 0 Å². The minimum absolute atomic E-state index is 0.0128. The number of hydrogen-bond donors (Lipinski definition) is 2. The van der Waals surface area contributed by atoms with Gasteiger partial charge in [-0.2, -0.15) is 0 Å². The van der Waals surface area contributed by atoms with E-state index < -0.39 is 11.5 Å². The molecule has 0 saturated carbocycles. The van der Waals surface area contributed by atoms with E-state index in [4.69, 9.17) is 0 Å². The van der Waals surface area contributed by atoms with E-state index in [1.807, 2.05) is 48.2 Å². The van der Waals surface area contributed by atoms with Crippen LogP contribution in [0.15, 0.2) is 60.7 Å². The number of nitrogens with zero attached hydrogens (tertiary/aromatic N) is 2. The van der Waals surface area contributed by atoms with Crippen LogP contribution in [-0.2, 0) is 15.0 Å². The summed E-state index contributed by atoms with van der Waals surface area (Å²) in [7, 11) is 1.61. The van der Waals surface area contributed by atoms with Crippen LogP contribution < -0.4 is 10.2 Å². The number of hydrogen-bond acceptors (Lipinski definition) is 4. The summed E-state index contributed by atoms with van der Waals surface area (Å²) >= 11 is 0. The maximum atomic E-state index is 13.8. The van der Waals surface area contributed by atoms with Crippen molar-refractivity contribution >= 4 is 28.3 Å². The molecule has 0 aromatic heterocycles. The number of rotatable bonds is 4. The molecule has 3 aliphatic rings. The van der Waals surface area contributed by atoms with Crippen molar-refractivity contribution < 1.29 is 14.7 Å². The van der Waals surface area contributed by atoms with Gasteiger partial charge in [0.25, 0.3) is 0 Å². The number of anilines is 1. The molecule has 2 N–H and O–H groups in total. The fraction of sp³-hybridized carbons (Fsp3) is 0.379. The minimum atomic E-state index is -0.854. The number of para-hydroxylation sites is 1. The minimum Gasteiger partial charge on any atom is -0.386 e. The van der Waals surface area contributed by atoms with E-state index in [2.05, 4.69) is 34.5 Å². The third kappa shape index (κ3) is 3.23. The molecule has 35 heavy (non-hydrogen) atoms. The largest absolute Gasteiger partial charge is 0.386 e. The van der Waals surface area contributed by atoms with Gasteiger partial charge < -0.3 is 15.3 Å². The molecule has 0 spiro atoms. The highest BCUT2D eigenvalue weighted by Gasteiger charge is 2.51. The van der Waals surface area contributed by atoms with Crippen LogP contribution in [0.1, 0.15) is 55.0 Å². The van der Waals surface area contributed by atoms with Crippen LogP contribution in [0.4, 0.5) is 5.69 Å². The molecule has 2 amide bonds. The zero-order chi connectivity index (χ0) is 24.3. The summed E-state index contributed by atoms with van der Waals surface area (Å²) in [4.78, 5) is 30.4. The first-order valence-corrected chi connectivity index (χ1v) is 12.5. The van der Waals surface area contributed by atoms with Gasteiger partial charge in [-0.3, -0.25) is 14.5 Å². The van der Waals surface area contributed by atoms with Crippen LogP contribution >= 0.6 is 0 Å². The van der Waals surface area contributed by atoms with Gasteiger partial charge in [0.05, 0.1) is 17.6 Å². The number of piperidine rings is 1. The fourth-order valence-electron chi connectivity index (χ4n) is 6.64. The average molecular weight is 470 g/mol. The zero-order valence-corrected chi connectivity index (χ0v) is 20.2. The van der Waals surface area contributed by atoms with Gasteiger partial charge in [-0.15, -0.1) is 0 Å². The summed E-state index contributed by atoms with van der Waals surface area (Å²) in [6.07, 6.45) is 1.25. The SMILES string of the molecule is CNC(=O)CC1(C)C(=O)N(C2CCN(C3c4cccc5cccc(c45)C3O)CC2)c2ccccc21. The number of carbonyl (C=O) groups excluding carboxylic acids is 2. The molecule has 1 fully saturated rings. The quantitative estimate of drug-likeness (QED) is 0.609. The van der Waals surface area contributed by atoms with Gasteiger partial charge in [0.1, 0.15) is 0 Å². The lowest BCUT2D eigenvalue weighted by Crippen LogP contribution is -2.50. The Labute approximate surface area is 205 Å². The predicted octanol–water partition coefficient (Wildman–Crippen LogP) is 3.83. The molecule has 2 heterocycles. The second-order valence-corrected chi connectivity index (χ2v) is 10.3. The lowest BCUT2D eigenvalue weighted by molar-refractivity contribution is -0.129. The van der Waals surface area contributed by atoms with Gasteiger partial charge in [0.15, 0.2) is 0 Å². The maximum absolute atomic E-state index is 13.8. The molecule has 180 valence electrons. The Hall–Kier alpha value is -3.22. The third-order valence-electron chi connectivity index (χ3n) is 8.40. The van der Waals surface area contributed by atoms with E-state index >= 15 is 0 Å². The summed E-state index contributed by atoms with van der Waals surface area (Å²) in [6.45, 7) is 3.50. The Kier molecular flexibility index (Phi) is 5.20. The fourth-order valence-corrected chi connectivity index (χ4v) is 6.64. The molecule has 6 nitrogen and oxygen atoms in total. The number of benzene rings is 3. The molecule has 1 saturated heterocycles. The molecule has 6 heteroatoms. The van der Waals surface area contributed by atoms with Crippen molar-refractivity contribution in [1.82, 2.24) is 10.2 Å². The van der Waals surface area contributed by atoms with E-state index in [0.717, 1.165) is 42.7 Å². The number of aliphatic hydroxyl groups is 1. The van der Waals surface area contributed by atoms with E-state index in [9.17, 15) is 14.7 Å². The van der Waals surface area contributed by atoms with Crippen LogP contribution in [0.5, 0.6) is 0 Å². The van der Waals surface area contributed by atoms with Crippen molar-refractivity contribution in [3.05, 3.63) is 77.4 Å². The summed E-state index contributed by atoms with van der Waals surface area (Å²) in [5.74, 6) is -0.116. The highest BCUT2D eigenvalue weighted by molar-refractivity contribution is 6.10. The van der Waals surface area contributed by atoms with Crippen LogP contribution in [0.3, 0.4) is 0 Å². The van der Waals surface area contributed by atoms with Gasteiger partial charge in [-0.1, -0.05) is 54.6 Å². The van der Waals surface area contributed by atoms with Crippen LogP contribution in [0.2, 0.25) is 0 Å². The zero-order valence-electron chi connectivity index (χ0n) is 20.2. The van der Waals surface area contributed by atoms with Crippen molar-refractivity contribution in [1.29, 1.82) is 0 Å². The van der Waals surface area contributed by atoms with E-state index in [1.54, 1.807) is 7.05 Å². The Morgan fingerprint density at radius 1 is 1.03 bits per heavy atom. The second-order valence-electron chi connectivity index (χ2n) is 10.3. The molecule has 0 bridgehead atoms. The molecule has 3 aromatic rings. The molecule has 3 atom stereocenters. The topological polar surface area (TPSA) is 72.9 Å². The summed E-state index contributed by atoms with van der Waals surface area (Å²) < 4.78 is 0. The molecule has 6 rings (SSSR count). The smallest absolute Gasteiger partial charge is 0.238 e. The lowest BCUT2D eigenvalue weighted by atomic mass is 9.80. The highest BCUT2D eigenvalue weighted by atomic mass is 16.3. The molecule has 0 radical (unpaired) electrons. The molecular weight excluding hydrogens is 438 g/mol. The van der Waals surface area contributed by atoms with Crippen LogP contribution in [0, 0.1) is 0 Å². The first-order chi connectivity index (χ1) is 16.9. The predicted molar refractivity (Wildman–Crippen MR) is 136 cm³/mol. The Morgan fingerprint density at radius 2 is 1.71 bits per heavy atom. The maximum Gasteiger partial charge on any atom is 0.238 e. The molecule has 2 aliphatic heterocycles. The standard InChI is InChI=1S/C29H31N3O3/c1-29(17-24(33)30-2)22-11-3-4-12-23(22)32(28(29)35)19-13-15-31(16-14-19)26-20-9-5-7-18-8-6-10-21(25(18)20)27(26)34/h3-12,19,26-27,34H,13-17H2,1-2H3,(H,30,33). The molecule has 1 aliphatic carbocycles. The summed E-state index contributed by atoms with van der Waals surface area (Å²) in [5, 5.41) is 16.3. The number of likely N-dealkylation sites (tertiary alicyclic amines) is 1. The van der Waals surface area contributed by atoms with Gasteiger partial charge in [0.2, 0.25) is 11.8 Å². The van der Waals surface area contributed by atoms with Crippen molar-refractivity contribution in [3.8, 4) is 0 Å². The first-order valence-electron chi connectivity index (χ1n) is 12.5. The van der Waals surface area contributed by atoms with Gasteiger partial charge in [0, 0.05) is 38.3 Å². The Balaban J connectivity index is 1.25. The van der Waals surface area contributed by atoms with E-state index in [-0.39, 0.29) is 30.3 Å². The van der Waals surface area contributed by atoms with Crippen LogP contribution in [0.25, 0.3) is 10.8 Å². The normalized spacial score (nSPS) is 26.4. The highest BCUT2D eigenvalue weighted by Crippen LogP contribution is 2.49. The molecule has 3 aromatic carbocycles. The third-order valence-corrected chi connectivity index (χ3v) is 8.40. The van der Waals surface area contributed by atoms with Gasteiger partial charge in [-0.05, 0) is 53.3 Å². The number of amides is 2. The molecular formula is C29H31N3O3. The van der Waals surface area contributed by atoms with Crippen molar-refractivity contribution in [2.75, 3.05) is 25.0 Å². The van der Waals surface area contributed by atoms with E-state index in [1.165, 1.54) is 16.3 Å². The van der Waals surface area contributed by atoms with Crippen molar-refractivity contribution in [3.63, 3.8) is 0 Å². The summed E-state index contributed by atoms with van der Waals surface area (Å²) in [6, 6.07) is 20.4. The van der Waals surface area contributed by atoms with Crippen LogP contribution in [-0.4, -0.2) is 48.0 Å². The summed E-state index contributed by atoms with van der Waals surface area (Å²) in [5.41, 5.74) is 3.22. The molecule has 3 unspecified atom stereocenters. The Morgan fingerprint density at radius 3 is 2.43 bits per heavy atom. The Bertz CT molecular complexity index is 1320. The van der Waals surface area contributed by atoms with Gasteiger partial charge in [-0.25, -0.2) is 0 Å². The van der Waals surface area contributed by atoms with Crippen molar-refractivity contribution in [2.45, 2.75) is 49.8 Å². The monoisotopic (exact) mass is 469 g/mol. The second kappa shape index (κ2) is 8.18. The number of fused-ring (bicyclic) bond motifs is 1. The first kappa shape index (κ1) is 22.3. The van der Waals surface area contributed by atoms with Crippen molar-refractivity contribution in [2.24, 2.45) is 0 Å². The number of aliphatic hydroxyl groups excluding tert-OH is 1. The number of nitrogens with one attached hydrogen (secondary N) is 1. The average Bonchev–Trinajstić information content (AvgIpc) is 3.29. The lowest BCUT2D eigenvalue weighted by Gasteiger charge is -2.41. The van der Waals surface area contributed by atoms with E-state index in [0.29, 0.717) is 0 Å².